The van der Waals surface area contributed by atoms with Gasteiger partial charge in [-0.25, -0.2) is 4.98 Å². The fraction of sp³-hybridized carbons (Fsp3) is 0.375. The van der Waals surface area contributed by atoms with Gasteiger partial charge in [0.05, 0.1) is 14.2 Å². The molecule has 2 heterocycles. The standard InChI is InChI=1S/C24H28N4O4/c1-15-9-10-20-26-22(27-23(29)16-11-18(31-2)13-19(12-16)32-3)21(28(20)14-15)24(30)25-17-7-5-4-6-8-17/h9-14,17H,4-8H2,1-3H3,(H,25,30)(H,27,29). The van der Waals surface area contributed by atoms with Crippen molar-refractivity contribution in [2.75, 3.05) is 19.5 Å². The molecule has 2 aromatic heterocycles. The molecule has 8 nitrogen and oxygen atoms in total. The number of nitrogens with zero attached hydrogens (tertiary/aromatic N) is 2. The Morgan fingerprint density at radius 1 is 1.00 bits per heavy atom. The van der Waals surface area contributed by atoms with Crippen molar-refractivity contribution in [2.24, 2.45) is 0 Å². The molecule has 0 radical (unpaired) electrons. The van der Waals surface area contributed by atoms with Crippen molar-refractivity contribution in [1.29, 1.82) is 0 Å². The van der Waals surface area contributed by atoms with E-state index in [-0.39, 0.29) is 17.8 Å². The monoisotopic (exact) mass is 436 g/mol. The number of fused-ring (bicyclic) bond motifs is 1. The minimum atomic E-state index is -0.408. The van der Waals surface area contributed by atoms with Crippen LogP contribution < -0.4 is 20.1 Å². The van der Waals surface area contributed by atoms with Gasteiger partial charge < -0.3 is 20.1 Å². The van der Waals surface area contributed by atoms with Crippen molar-refractivity contribution >= 4 is 23.3 Å². The first-order chi connectivity index (χ1) is 15.5. The molecule has 0 spiro atoms. The Morgan fingerprint density at radius 3 is 2.34 bits per heavy atom. The van der Waals surface area contributed by atoms with Crippen LogP contribution in [0.2, 0.25) is 0 Å². The van der Waals surface area contributed by atoms with Crippen molar-refractivity contribution in [3.63, 3.8) is 0 Å². The van der Waals surface area contributed by atoms with Gasteiger partial charge >= 0.3 is 0 Å². The van der Waals surface area contributed by atoms with E-state index < -0.39 is 5.91 Å². The Kier molecular flexibility index (Phi) is 6.30. The molecule has 0 saturated heterocycles. The van der Waals surface area contributed by atoms with Crippen molar-refractivity contribution in [1.82, 2.24) is 14.7 Å². The Balaban J connectivity index is 1.68. The number of aryl methyl sites for hydroxylation is 1. The second-order valence-electron chi connectivity index (χ2n) is 8.11. The normalized spacial score (nSPS) is 14.2. The van der Waals surface area contributed by atoms with Crippen LogP contribution in [0.5, 0.6) is 11.5 Å². The predicted molar refractivity (Wildman–Crippen MR) is 122 cm³/mol. The number of nitrogens with one attached hydrogen (secondary N) is 2. The number of hydrogen-bond acceptors (Lipinski definition) is 5. The summed E-state index contributed by atoms with van der Waals surface area (Å²) in [4.78, 5) is 30.9. The lowest BCUT2D eigenvalue weighted by Crippen LogP contribution is -2.37. The highest BCUT2D eigenvalue weighted by Crippen LogP contribution is 2.25. The number of carbonyl (C=O) groups excluding carboxylic acids is 2. The lowest BCUT2D eigenvalue weighted by atomic mass is 9.95. The fourth-order valence-corrected chi connectivity index (χ4v) is 4.07. The number of benzene rings is 1. The molecule has 0 aliphatic heterocycles. The van der Waals surface area contributed by atoms with Crippen LogP contribution in [0, 0.1) is 6.92 Å². The molecular weight excluding hydrogens is 408 g/mol. The quantitative estimate of drug-likeness (QED) is 0.610. The molecule has 4 rings (SSSR count). The summed E-state index contributed by atoms with van der Waals surface area (Å²) in [6, 6.07) is 8.80. The van der Waals surface area contributed by atoms with Gasteiger partial charge in [-0.1, -0.05) is 25.3 Å². The molecule has 1 aliphatic rings. The molecule has 1 fully saturated rings. The minimum absolute atomic E-state index is 0.137. The van der Waals surface area contributed by atoms with E-state index >= 15 is 0 Å². The number of hydrogen-bond donors (Lipinski definition) is 2. The zero-order valence-electron chi connectivity index (χ0n) is 18.6. The second-order valence-corrected chi connectivity index (χ2v) is 8.11. The van der Waals surface area contributed by atoms with Crippen LogP contribution in [0.25, 0.3) is 5.65 Å². The summed E-state index contributed by atoms with van der Waals surface area (Å²) in [5.41, 5.74) is 2.23. The smallest absolute Gasteiger partial charge is 0.272 e. The summed E-state index contributed by atoms with van der Waals surface area (Å²) < 4.78 is 12.3. The maximum absolute atomic E-state index is 13.3. The molecule has 0 unspecified atom stereocenters. The van der Waals surface area contributed by atoms with E-state index in [4.69, 9.17) is 9.47 Å². The Labute approximate surface area is 186 Å². The maximum Gasteiger partial charge on any atom is 0.272 e. The van der Waals surface area contributed by atoms with Gasteiger partial charge in [0.1, 0.15) is 17.1 Å². The summed E-state index contributed by atoms with van der Waals surface area (Å²) in [7, 11) is 3.04. The Morgan fingerprint density at radius 2 is 1.69 bits per heavy atom. The van der Waals surface area contributed by atoms with Crippen molar-refractivity contribution < 1.29 is 19.1 Å². The maximum atomic E-state index is 13.3. The van der Waals surface area contributed by atoms with Gasteiger partial charge in [0.15, 0.2) is 11.5 Å². The first-order valence-corrected chi connectivity index (χ1v) is 10.8. The van der Waals surface area contributed by atoms with Crippen LogP contribution in [-0.2, 0) is 0 Å². The highest BCUT2D eigenvalue weighted by Gasteiger charge is 2.25. The predicted octanol–water partition coefficient (Wildman–Crippen LogP) is 3.97. The summed E-state index contributed by atoms with van der Waals surface area (Å²) >= 11 is 0. The molecule has 3 aromatic rings. The summed E-state index contributed by atoms with van der Waals surface area (Å²) in [5.74, 6) is 0.559. The summed E-state index contributed by atoms with van der Waals surface area (Å²) in [6.07, 6.45) is 7.20. The topological polar surface area (TPSA) is 94.0 Å². The van der Waals surface area contributed by atoms with Crippen molar-refractivity contribution in [3.05, 3.63) is 53.3 Å². The molecule has 1 aliphatic carbocycles. The number of amides is 2. The van der Waals surface area contributed by atoms with Crippen LogP contribution in [0.3, 0.4) is 0 Å². The molecule has 1 saturated carbocycles. The Bertz CT molecular complexity index is 1130. The average molecular weight is 437 g/mol. The van der Waals surface area contributed by atoms with Gasteiger partial charge in [0.25, 0.3) is 11.8 Å². The highest BCUT2D eigenvalue weighted by atomic mass is 16.5. The number of carbonyl (C=O) groups is 2. The van der Waals surface area contributed by atoms with Crippen LogP contribution in [-0.4, -0.2) is 41.5 Å². The number of rotatable bonds is 6. The third-order valence-electron chi connectivity index (χ3n) is 5.77. The van der Waals surface area contributed by atoms with E-state index in [0.717, 1.165) is 31.2 Å². The van der Waals surface area contributed by atoms with E-state index in [1.165, 1.54) is 20.6 Å². The van der Waals surface area contributed by atoms with Crippen molar-refractivity contribution in [2.45, 2.75) is 45.1 Å². The van der Waals surface area contributed by atoms with Crippen LogP contribution in [0.1, 0.15) is 58.5 Å². The van der Waals surface area contributed by atoms with E-state index in [1.807, 2.05) is 25.3 Å². The summed E-state index contributed by atoms with van der Waals surface area (Å²) in [5, 5.41) is 5.95. The van der Waals surface area contributed by atoms with E-state index in [2.05, 4.69) is 15.6 Å². The van der Waals surface area contributed by atoms with Gasteiger partial charge in [-0.05, 0) is 43.5 Å². The molecule has 0 bridgehead atoms. The second kappa shape index (κ2) is 9.30. The average Bonchev–Trinajstić information content (AvgIpc) is 3.16. The Hall–Kier alpha value is -3.55. The van der Waals surface area contributed by atoms with Gasteiger partial charge in [-0.15, -0.1) is 0 Å². The first-order valence-electron chi connectivity index (χ1n) is 10.8. The number of ether oxygens (including phenoxy) is 2. The zero-order valence-corrected chi connectivity index (χ0v) is 18.6. The number of anilines is 1. The van der Waals surface area contributed by atoms with Crippen LogP contribution in [0.15, 0.2) is 36.5 Å². The van der Waals surface area contributed by atoms with Gasteiger partial charge in [0.2, 0.25) is 0 Å². The van der Waals surface area contributed by atoms with E-state index in [1.54, 1.807) is 22.6 Å². The number of methoxy groups -OCH3 is 2. The fourth-order valence-electron chi connectivity index (χ4n) is 4.07. The van der Waals surface area contributed by atoms with Gasteiger partial charge in [0, 0.05) is 23.9 Å². The molecule has 168 valence electrons. The molecular formula is C24H28N4O4. The van der Waals surface area contributed by atoms with E-state index in [9.17, 15) is 9.59 Å². The SMILES string of the molecule is COc1cc(OC)cc(C(=O)Nc2nc3ccc(C)cn3c2C(=O)NC2CCCCC2)c1. The van der Waals surface area contributed by atoms with Gasteiger partial charge in [-0.3, -0.25) is 14.0 Å². The molecule has 2 amide bonds. The third-order valence-corrected chi connectivity index (χ3v) is 5.77. The van der Waals surface area contributed by atoms with Crippen LogP contribution in [0.4, 0.5) is 5.82 Å². The lowest BCUT2D eigenvalue weighted by Gasteiger charge is -2.22. The number of aromatic nitrogens is 2. The highest BCUT2D eigenvalue weighted by molar-refractivity contribution is 6.08. The minimum Gasteiger partial charge on any atom is -0.497 e. The molecule has 8 heteroatoms. The molecule has 0 atom stereocenters. The van der Waals surface area contributed by atoms with Crippen LogP contribution >= 0.6 is 0 Å². The zero-order chi connectivity index (χ0) is 22.7. The first kappa shape index (κ1) is 21.7. The summed E-state index contributed by atoms with van der Waals surface area (Å²) in [6.45, 7) is 1.95. The van der Waals surface area contributed by atoms with Crippen molar-refractivity contribution in [3.8, 4) is 11.5 Å². The lowest BCUT2D eigenvalue weighted by molar-refractivity contribution is 0.0922. The number of imidazole rings is 1. The third kappa shape index (κ3) is 4.54. The number of pyridine rings is 1. The van der Waals surface area contributed by atoms with Gasteiger partial charge in [-0.2, -0.15) is 0 Å². The largest absolute Gasteiger partial charge is 0.497 e. The molecule has 2 N–H and O–H groups in total. The molecule has 32 heavy (non-hydrogen) atoms. The van der Waals surface area contributed by atoms with E-state index in [0.29, 0.717) is 28.4 Å². The molecule has 1 aromatic carbocycles.